The summed E-state index contributed by atoms with van der Waals surface area (Å²) in [5.41, 5.74) is 2.79. The summed E-state index contributed by atoms with van der Waals surface area (Å²) < 4.78 is 5.22. The van der Waals surface area contributed by atoms with Crippen LogP contribution in [0.5, 0.6) is 5.75 Å². The molecule has 1 amide bonds. The van der Waals surface area contributed by atoms with Crippen LogP contribution in [0, 0.1) is 0 Å². The second-order valence-electron chi connectivity index (χ2n) is 6.03. The number of carbonyl (C=O) groups excluding carboxylic acids is 1. The van der Waals surface area contributed by atoms with Crippen molar-refractivity contribution in [3.8, 4) is 5.75 Å². The van der Waals surface area contributed by atoms with Crippen molar-refractivity contribution in [2.75, 3.05) is 7.11 Å². The van der Waals surface area contributed by atoms with Gasteiger partial charge in [0.2, 0.25) is 0 Å². The molecule has 4 heteroatoms. The van der Waals surface area contributed by atoms with Crippen LogP contribution in [0.1, 0.15) is 29.4 Å². The van der Waals surface area contributed by atoms with Crippen molar-refractivity contribution in [1.82, 2.24) is 10.3 Å². The minimum absolute atomic E-state index is 0.0780. The summed E-state index contributed by atoms with van der Waals surface area (Å²) in [4.78, 5) is 15.6. The van der Waals surface area contributed by atoms with Gasteiger partial charge in [-0.3, -0.25) is 4.79 Å². The lowest BCUT2D eigenvalue weighted by Crippen LogP contribution is -2.33. The van der Waals surface area contributed by atoms with E-state index in [9.17, 15) is 4.79 Å². The quantitative estimate of drug-likeness (QED) is 0.722. The van der Waals surface area contributed by atoms with Crippen LogP contribution in [-0.4, -0.2) is 24.0 Å². The largest absolute Gasteiger partial charge is 0.497 e. The van der Waals surface area contributed by atoms with E-state index in [2.05, 4.69) is 22.4 Å². The lowest BCUT2D eigenvalue weighted by molar-refractivity contribution is 0.0934. The van der Waals surface area contributed by atoms with Gasteiger partial charge in [-0.05, 0) is 49.6 Å². The van der Waals surface area contributed by atoms with Crippen molar-refractivity contribution in [2.24, 2.45) is 0 Å². The molecular weight excluding hydrogens is 300 g/mol. The number of amides is 1. The monoisotopic (exact) mass is 322 g/mol. The fraction of sp³-hybridized carbons (Fsp3) is 0.250. The maximum Gasteiger partial charge on any atom is 0.267 e. The Morgan fingerprint density at radius 3 is 2.71 bits per heavy atom. The summed E-state index contributed by atoms with van der Waals surface area (Å²) in [7, 11) is 1.63. The normalized spacial score (nSPS) is 12.1. The molecule has 1 aromatic heterocycles. The van der Waals surface area contributed by atoms with Crippen LogP contribution in [-0.2, 0) is 6.42 Å². The van der Waals surface area contributed by atoms with Gasteiger partial charge in [-0.2, -0.15) is 0 Å². The number of nitrogens with one attached hydrogen (secondary N) is 2. The first-order valence-electron chi connectivity index (χ1n) is 8.17. The molecule has 0 bridgehead atoms. The Kier molecular flexibility index (Phi) is 4.85. The van der Waals surface area contributed by atoms with Crippen LogP contribution in [0.3, 0.4) is 0 Å². The molecule has 4 nitrogen and oxygen atoms in total. The Labute approximate surface area is 141 Å². The SMILES string of the molecule is COc1ccc2[nH]c(C(=O)N[C@@H](C)CCc3ccccc3)cc2c1. The lowest BCUT2D eigenvalue weighted by Gasteiger charge is -2.13. The third-order valence-electron chi connectivity index (χ3n) is 4.16. The van der Waals surface area contributed by atoms with Gasteiger partial charge in [-0.1, -0.05) is 30.3 Å². The molecule has 1 atom stereocenters. The minimum atomic E-state index is -0.0780. The molecule has 0 radical (unpaired) electrons. The van der Waals surface area contributed by atoms with Gasteiger partial charge in [-0.25, -0.2) is 0 Å². The van der Waals surface area contributed by atoms with E-state index in [0.717, 1.165) is 29.5 Å². The smallest absolute Gasteiger partial charge is 0.267 e. The van der Waals surface area contributed by atoms with Gasteiger partial charge in [0.25, 0.3) is 5.91 Å². The molecular formula is C20H22N2O2. The summed E-state index contributed by atoms with van der Waals surface area (Å²) in [6, 6.07) is 18.0. The number of aromatic nitrogens is 1. The predicted molar refractivity (Wildman–Crippen MR) is 96.5 cm³/mol. The molecule has 24 heavy (non-hydrogen) atoms. The number of hydrogen-bond acceptors (Lipinski definition) is 2. The van der Waals surface area contributed by atoms with E-state index < -0.39 is 0 Å². The average Bonchev–Trinajstić information content (AvgIpc) is 3.04. The highest BCUT2D eigenvalue weighted by atomic mass is 16.5. The molecule has 0 saturated carbocycles. The first-order valence-corrected chi connectivity index (χ1v) is 8.17. The topological polar surface area (TPSA) is 54.1 Å². The summed E-state index contributed by atoms with van der Waals surface area (Å²) in [5, 5.41) is 4.02. The Bertz CT molecular complexity index is 824. The van der Waals surface area contributed by atoms with Gasteiger partial charge in [0.15, 0.2) is 0 Å². The first-order chi connectivity index (χ1) is 11.7. The minimum Gasteiger partial charge on any atom is -0.497 e. The number of benzene rings is 2. The van der Waals surface area contributed by atoms with Gasteiger partial charge in [0.1, 0.15) is 11.4 Å². The van der Waals surface area contributed by atoms with Crippen LogP contribution >= 0.6 is 0 Å². The second-order valence-corrected chi connectivity index (χ2v) is 6.03. The zero-order valence-corrected chi connectivity index (χ0v) is 14.0. The van der Waals surface area contributed by atoms with Crippen molar-refractivity contribution in [2.45, 2.75) is 25.8 Å². The molecule has 0 unspecified atom stereocenters. The number of rotatable bonds is 6. The van der Waals surface area contributed by atoms with Crippen molar-refractivity contribution in [1.29, 1.82) is 0 Å². The van der Waals surface area contributed by atoms with Crippen molar-refractivity contribution in [3.63, 3.8) is 0 Å². The average molecular weight is 322 g/mol. The lowest BCUT2D eigenvalue weighted by atomic mass is 10.1. The van der Waals surface area contributed by atoms with Gasteiger partial charge in [0.05, 0.1) is 7.11 Å². The number of hydrogen-bond donors (Lipinski definition) is 2. The second kappa shape index (κ2) is 7.21. The first kappa shape index (κ1) is 16.1. The van der Waals surface area contributed by atoms with Gasteiger partial charge in [0, 0.05) is 16.9 Å². The van der Waals surface area contributed by atoms with Crippen molar-refractivity contribution >= 4 is 16.8 Å². The van der Waals surface area contributed by atoms with Crippen molar-refractivity contribution in [3.05, 3.63) is 65.9 Å². The molecule has 2 N–H and O–H groups in total. The van der Waals surface area contributed by atoms with E-state index in [1.54, 1.807) is 7.11 Å². The standard InChI is InChI=1S/C20H22N2O2/c1-14(8-9-15-6-4-3-5-7-15)21-20(23)19-13-16-12-17(24-2)10-11-18(16)22-19/h3-7,10-14,22H,8-9H2,1-2H3,(H,21,23)/t14-/m0/s1. The van der Waals surface area contributed by atoms with Crippen LogP contribution in [0.2, 0.25) is 0 Å². The molecule has 0 aliphatic heterocycles. The van der Waals surface area contributed by atoms with E-state index in [1.807, 2.05) is 49.4 Å². The maximum atomic E-state index is 12.4. The number of carbonyl (C=O) groups is 1. The highest BCUT2D eigenvalue weighted by Crippen LogP contribution is 2.21. The van der Waals surface area contributed by atoms with Crippen LogP contribution in [0.4, 0.5) is 0 Å². The Morgan fingerprint density at radius 1 is 1.17 bits per heavy atom. The molecule has 1 heterocycles. The fourth-order valence-corrected chi connectivity index (χ4v) is 2.76. The highest BCUT2D eigenvalue weighted by Gasteiger charge is 2.13. The number of fused-ring (bicyclic) bond motifs is 1. The van der Waals surface area contributed by atoms with E-state index >= 15 is 0 Å². The van der Waals surface area contributed by atoms with E-state index in [4.69, 9.17) is 4.74 Å². The number of H-pyrrole nitrogens is 1. The summed E-state index contributed by atoms with van der Waals surface area (Å²) in [6.07, 6.45) is 1.86. The van der Waals surface area contributed by atoms with Gasteiger partial charge < -0.3 is 15.0 Å². The maximum absolute atomic E-state index is 12.4. The highest BCUT2D eigenvalue weighted by molar-refractivity contribution is 5.98. The van der Waals surface area contributed by atoms with Crippen LogP contribution in [0.15, 0.2) is 54.6 Å². The molecule has 2 aromatic carbocycles. The van der Waals surface area contributed by atoms with Crippen LogP contribution in [0.25, 0.3) is 10.9 Å². The number of methoxy groups -OCH3 is 1. The van der Waals surface area contributed by atoms with Gasteiger partial charge >= 0.3 is 0 Å². The summed E-state index contributed by atoms with van der Waals surface area (Å²) in [5.74, 6) is 0.704. The number of ether oxygens (including phenoxy) is 1. The third-order valence-corrected chi connectivity index (χ3v) is 4.16. The van der Waals surface area contributed by atoms with Gasteiger partial charge in [-0.15, -0.1) is 0 Å². The number of aromatic amines is 1. The summed E-state index contributed by atoms with van der Waals surface area (Å²) >= 11 is 0. The molecule has 3 rings (SSSR count). The fourth-order valence-electron chi connectivity index (χ4n) is 2.76. The van der Waals surface area contributed by atoms with Crippen LogP contribution < -0.4 is 10.1 Å². The zero-order chi connectivity index (χ0) is 16.9. The molecule has 0 aliphatic rings. The molecule has 0 aliphatic carbocycles. The zero-order valence-electron chi connectivity index (χ0n) is 14.0. The Hall–Kier alpha value is -2.75. The number of aryl methyl sites for hydroxylation is 1. The predicted octanol–water partition coefficient (Wildman–Crippen LogP) is 3.93. The molecule has 0 saturated heterocycles. The Morgan fingerprint density at radius 2 is 1.96 bits per heavy atom. The molecule has 3 aromatic rings. The van der Waals surface area contributed by atoms with Crippen molar-refractivity contribution < 1.29 is 9.53 Å². The van der Waals surface area contributed by atoms with E-state index in [-0.39, 0.29) is 11.9 Å². The molecule has 0 fully saturated rings. The third kappa shape index (κ3) is 3.77. The Balaban J connectivity index is 1.61. The van der Waals surface area contributed by atoms with E-state index in [1.165, 1.54) is 5.56 Å². The molecule has 124 valence electrons. The molecule has 0 spiro atoms. The summed E-state index contributed by atoms with van der Waals surface area (Å²) in [6.45, 7) is 2.03. The van der Waals surface area contributed by atoms with E-state index in [0.29, 0.717) is 5.69 Å².